The molecular formula is C24H38O10. The van der Waals surface area contributed by atoms with Crippen LogP contribution in [0.25, 0.3) is 0 Å². The third-order valence-corrected chi connectivity index (χ3v) is 6.51. The number of aliphatic hydroxyl groups is 2. The first-order valence-corrected chi connectivity index (χ1v) is 11.7. The molecule has 2 aliphatic rings. The number of hydrogen-bond donors (Lipinski definition) is 2. The predicted octanol–water partition coefficient (Wildman–Crippen LogP) is 2.18. The number of esters is 2. The van der Waals surface area contributed by atoms with Crippen LogP contribution in [0.4, 0.5) is 0 Å². The van der Waals surface area contributed by atoms with E-state index in [4.69, 9.17) is 28.4 Å². The van der Waals surface area contributed by atoms with Crippen LogP contribution in [0, 0.1) is 10.8 Å². The molecule has 10 heteroatoms. The highest BCUT2D eigenvalue weighted by Gasteiger charge is 2.46. The summed E-state index contributed by atoms with van der Waals surface area (Å²) in [6, 6.07) is 0. The maximum atomic E-state index is 12.3. The summed E-state index contributed by atoms with van der Waals surface area (Å²) in [5, 5.41) is 19.1. The molecule has 0 bridgehead atoms. The molecule has 0 atom stereocenters. The second-order valence-electron chi connectivity index (χ2n) is 8.95. The number of unbranched alkanes of at least 4 members (excludes halogenated alkanes) is 1. The topological polar surface area (TPSA) is 130 Å². The Kier molecular flexibility index (Phi) is 10.2. The number of carbonyl (C=O) groups excluding carboxylic acids is 2. The smallest absolute Gasteiger partial charge is 0.350 e. The normalized spacial score (nSPS) is 33.6. The second kappa shape index (κ2) is 12.2. The van der Waals surface area contributed by atoms with Crippen LogP contribution in [0.3, 0.4) is 0 Å². The largest absolute Gasteiger partial charge is 0.404 e. The van der Waals surface area contributed by atoms with Crippen molar-refractivity contribution >= 4 is 11.9 Å². The molecule has 0 saturated carbocycles. The summed E-state index contributed by atoms with van der Waals surface area (Å²) in [4.78, 5) is 24.6. The lowest BCUT2D eigenvalue weighted by molar-refractivity contribution is -0.380. The highest BCUT2D eigenvalue weighted by molar-refractivity contribution is 5.71. The van der Waals surface area contributed by atoms with Crippen molar-refractivity contribution in [2.45, 2.75) is 64.3 Å². The highest BCUT2D eigenvalue weighted by Crippen LogP contribution is 2.35. The third kappa shape index (κ3) is 6.87. The Hall–Kier alpha value is -1.82. The van der Waals surface area contributed by atoms with E-state index in [1.807, 2.05) is 13.8 Å². The van der Waals surface area contributed by atoms with Crippen LogP contribution in [-0.2, 0) is 38.0 Å². The number of carbonyl (C=O) groups is 2. The second-order valence-corrected chi connectivity index (χ2v) is 8.95. The van der Waals surface area contributed by atoms with Crippen LogP contribution >= 0.6 is 0 Å². The molecule has 0 aromatic carbocycles. The zero-order valence-electron chi connectivity index (χ0n) is 20.2. The maximum Gasteiger partial charge on any atom is 0.350 e. The number of ether oxygens (including phenoxy) is 6. The number of hydrogen-bond acceptors (Lipinski definition) is 10. The van der Waals surface area contributed by atoms with Gasteiger partial charge in [0.15, 0.2) is 0 Å². The Morgan fingerprint density at radius 3 is 1.32 bits per heavy atom. The van der Waals surface area contributed by atoms with Gasteiger partial charge in [-0.05, 0) is 25.7 Å². The van der Waals surface area contributed by atoms with Crippen molar-refractivity contribution < 1.29 is 48.2 Å². The molecule has 0 spiro atoms. The van der Waals surface area contributed by atoms with E-state index in [1.54, 1.807) is 0 Å². The van der Waals surface area contributed by atoms with Crippen molar-refractivity contribution in [3.05, 3.63) is 25.3 Å². The molecule has 0 aromatic rings. The van der Waals surface area contributed by atoms with Gasteiger partial charge in [-0.3, -0.25) is 9.59 Å². The minimum atomic E-state index is -1.68. The lowest BCUT2D eigenvalue weighted by atomic mass is 9.87. The van der Waals surface area contributed by atoms with Gasteiger partial charge in [-0.1, -0.05) is 27.0 Å². The fourth-order valence-electron chi connectivity index (χ4n) is 3.39. The van der Waals surface area contributed by atoms with Gasteiger partial charge in [-0.15, -0.1) is 0 Å². The van der Waals surface area contributed by atoms with E-state index in [2.05, 4.69) is 13.2 Å². The van der Waals surface area contributed by atoms with Crippen molar-refractivity contribution in [2.75, 3.05) is 39.6 Å². The van der Waals surface area contributed by atoms with Gasteiger partial charge in [0.25, 0.3) is 0 Å². The van der Waals surface area contributed by atoms with Crippen molar-refractivity contribution in [3.8, 4) is 0 Å². The molecule has 0 unspecified atom stereocenters. The average Bonchev–Trinajstić information content (AvgIpc) is 2.88. The summed E-state index contributed by atoms with van der Waals surface area (Å²) in [5.74, 6) is -4.50. The monoisotopic (exact) mass is 486 g/mol. The summed E-state index contributed by atoms with van der Waals surface area (Å²) in [6.45, 7) is 11.5. The van der Waals surface area contributed by atoms with Gasteiger partial charge in [-0.25, -0.2) is 0 Å². The molecule has 10 nitrogen and oxygen atoms in total. The molecular weight excluding hydrogens is 448 g/mol. The summed E-state index contributed by atoms with van der Waals surface area (Å²) in [7, 11) is 0. The molecule has 2 aliphatic heterocycles. The zero-order valence-corrected chi connectivity index (χ0v) is 20.2. The van der Waals surface area contributed by atoms with E-state index in [9.17, 15) is 19.8 Å². The van der Waals surface area contributed by atoms with E-state index in [0.29, 0.717) is 25.7 Å². The first-order valence-electron chi connectivity index (χ1n) is 11.7. The van der Waals surface area contributed by atoms with E-state index in [0.717, 1.165) is 0 Å². The van der Waals surface area contributed by atoms with E-state index in [-0.39, 0.29) is 52.5 Å². The quantitative estimate of drug-likeness (QED) is 0.227. The van der Waals surface area contributed by atoms with Gasteiger partial charge in [-0.2, -0.15) is 0 Å². The minimum Gasteiger partial charge on any atom is -0.404 e. The summed E-state index contributed by atoms with van der Waals surface area (Å²) < 4.78 is 33.1. The molecule has 194 valence electrons. The zero-order chi connectivity index (χ0) is 25.3. The fraction of sp³-hybridized carbons (Fsp3) is 0.750. The molecule has 34 heavy (non-hydrogen) atoms. The van der Waals surface area contributed by atoms with E-state index in [1.165, 1.54) is 12.2 Å². The molecule has 0 radical (unpaired) electrons. The first kappa shape index (κ1) is 28.4. The van der Waals surface area contributed by atoms with Gasteiger partial charge in [0, 0.05) is 35.8 Å². The molecule has 0 aromatic heterocycles. The van der Waals surface area contributed by atoms with E-state index < -0.39 is 34.7 Å². The lowest BCUT2D eigenvalue weighted by Gasteiger charge is -2.42. The van der Waals surface area contributed by atoms with Gasteiger partial charge >= 0.3 is 23.9 Å². The predicted molar refractivity (Wildman–Crippen MR) is 120 cm³/mol. The Balaban J connectivity index is 1.73. The average molecular weight is 487 g/mol. The molecule has 2 fully saturated rings. The maximum absolute atomic E-state index is 12.3. The van der Waals surface area contributed by atoms with Gasteiger partial charge in [0.05, 0.1) is 39.6 Å². The molecule has 0 aliphatic carbocycles. The van der Waals surface area contributed by atoms with Crippen molar-refractivity contribution in [2.24, 2.45) is 10.8 Å². The molecule has 2 saturated heterocycles. The number of aliphatic hydroxyl groups excluding tert-OH is 2. The summed E-state index contributed by atoms with van der Waals surface area (Å²) in [6.07, 6.45) is 4.61. The highest BCUT2D eigenvalue weighted by atomic mass is 16.9. The lowest BCUT2D eigenvalue weighted by Crippen LogP contribution is -2.52. The molecule has 0 amide bonds. The summed E-state index contributed by atoms with van der Waals surface area (Å²) >= 11 is 0. The Labute approximate surface area is 200 Å². The Bertz CT molecular complexity index is 631. The SMILES string of the molecule is C=CC1(OC(=O)CCCCC(=O)OC2(C=C)OCC(CC)(CO)CO2)OCC(CC)(CO)CO1. The molecule has 2 N–H and O–H groups in total. The van der Waals surface area contributed by atoms with Gasteiger partial charge < -0.3 is 38.6 Å². The number of rotatable bonds is 13. The van der Waals surface area contributed by atoms with Crippen LogP contribution < -0.4 is 0 Å². The van der Waals surface area contributed by atoms with Crippen LogP contribution in [-0.4, -0.2) is 73.7 Å². The van der Waals surface area contributed by atoms with Crippen LogP contribution in [0.2, 0.25) is 0 Å². The fourth-order valence-corrected chi connectivity index (χ4v) is 3.39. The molecule has 2 rings (SSSR count). The molecule has 2 heterocycles. The summed E-state index contributed by atoms with van der Waals surface area (Å²) in [5.41, 5.74) is -1.08. The van der Waals surface area contributed by atoms with Crippen molar-refractivity contribution in [1.29, 1.82) is 0 Å². The first-order chi connectivity index (χ1) is 16.2. The standard InChI is InChI=1S/C24H38O10/c1-5-21(13-25)15-29-23(7-3,30-16-21)33-19(27)11-9-10-12-20(28)34-24(8-4)31-17-22(6-2,14-26)18-32-24/h7-8,25-26H,3-6,9-18H2,1-2H3. The Morgan fingerprint density at radius 2 is 1.09 bits per heavy atom. The van der Waals surface area contributed by atoms with Crippen LogP contribution in [0.5, 0.6) is 0 Å². The minimum absolute atomic E-state index is 0.0314. The van der Waals surface area contributed by atoms with Crippen molar-refractivity contribution in [1.82, 2.24) is 0 Å². The van der Waals surface area contributed by atoms with Crippen molar-refractivity contribution in [3.63, 3.8) is 0 Å². The van der Waals surface area contributed by atoms with Crippen LogP contribution in [0.15, 0.2) is 25.3 Å². The van der Waals surface area contributed by atoms with Crippen LogP contribution in [0.1, 0.15) is 52.4 Å². The Morgan fingerprint density at radius 1 is 0.765 bits per heavy atom. The third-order valence-electron chi connectivity index (χ3n) is 6.51. The van der Waals surface area contributed by atoms with Gasteiger partial charge in [0.1, 0.15) is 0 Å². The van der Waals surface area contributed by atoms with Gasteiger partial charge in [0.2, 0.25) is 0 Å². The van der Waals surface area contributed by atoms with E-state index >= 15 is 0 Å².